The standard InChI is InChI=1S/C15H22N2O3S/c1-11-13(21-10-17-11)9-16-14(18)8-12-2-4-15(5-3-12)19-6-7-20-15/h10,12H,2-9H2,1H3,(H,16,18). The van der Waals surface area contributed by atoms with Gasteiger partial charge in [0.15, 0.2) is 5.79 Å². The quantitative estimate of drug-likeness (QED) is 0.927. The molecule has 1 aliphatic heterocycles. The molecule has 2 fully saturated rings. The molecule has 1 amide bonds. The zero-order valence-corrected chi connectivity index (χ0v) is 13.2. The first-order valence-electron chi connectivity index (χ1n) is 7.60. The molecule has 21 heavy (non-hydrogen) atoms. The zero-order valence-electron chi connectivity index (χ0n) is 12.4. The van der Waals surface area contributed by atoms with E-state index in [2.05, 4.69) is 10.3 Å². The number of hydrogen-bond acceptors (Lipinski definition) is 5. The molecule has 1 aromatic heterocycles. The van der Waals surface area contributed by atoms with Gasteiger partial charge in [-0.05, 0) is 25.7 Å². The molecule has 0 radical (unpaired) electrons. The Bertz CT molecular complexity index is 487. The number of aromatic nitrogens is 1. The minimum Gasteiger partial charge on any atom is -0.351 e. The first-order valence-corrected chi connectivity index (χ1v) is 8.48. The molecule has 1 aromatic rings. The number of nitrogens with one attached hydrogen (secondary N) is 1. The Labute approximate surface area is 129 Å². The van der Waals surface area contributed by atoms with Crippen molar-refractivity contribution in [2.45, 2.75) is 51.4 Å². The van der Waals surface area contributed by atoms with Crippen molar-refractivity contribution in [2.24, 2.45) is 5.92 Å². The largest absolute Gasteiger partial charge is 0.351 e. The molecule has 6 heteroatoms. The molecule has 0 bridgehead atoms. The Hall–Kier alpha value is -0.980. The van der Waals surface area contributed by atoms with E-state index in [1.54, 1.807) is 11.3 Å². The Kier molecular flexibility index (Phi) is 4.57. The van der Waals surface area contributed by atoms with Crippen LogP contribution in [0.1, 0.15) is 42.7 Å². The lowest BCUT2D eigenvalue weighted by Crippen LogP contribution is -2.36. The highest BCUT2D eigenvalue weighted by atomic mass is 32.1. The topological polar surface area (TPSA) is 60.5 Å². The molecule has 1 saturated heterocycles. The maximum absolute atomic E-state index is 12.0. The fourth-order valence-corrected chi connectivity index (χ4v) is 3.83. The van der Waals surface area contributed by atoms with Crippen molar-refractivity contribution < 1.29 is 14.3 Å². The first kappa shape index (κ1) is 14.9. The lowest BCUT2D eigenvalue weighted by molar-refractivity contribution is -0.183. The summed E-state index contributed by atoms with van der Waals surface area (Å²) in [4.78, 5) is 17.4. The van der Waals surface area contributed by atoms with Gasteiger partial charge in [0.2, 0.25) is 5.91 Å². The van der Waals surface area contributed by atoms with Crippen LogP contribution in [0.5, 0.6) is 0 Å². The maximum Gasteiger partial charge on any atom is 0.220 e. The van der Waals surface area contributed by atoms with E-state index in [9.17, 15) is 4.79 Å². The number of ether oxygens (including phenoxy) is 2. The molecule has 2 aliphatic rings. The van der Waals surface area contributed by atoms with Gasteiger partial charge in [-0.1, -0.05) is 0 Å². The molecule has 1 saturated carbocycles. The number of nitrogens with zero attached hydrogens (tertiary/aromatic N) is 1. The normalized spacial score (nSPS) is 21.8. The molecule has 1 aliphatic carbocycles. The minimum atomic E-state index is -0.327. The van der Waals surface area contributed by atoms with Crippen LogP contribution in [0.4, 0.5) is 0 Å². The second kappa shape index (κ2) is 6.42. The lowest BCUT2D eigenvalue weighted by atomic mass is 9.83. The van der Waals surface area contributed by atoms with Gasteiger partial charge in [0, 0.05) is 24.1 Å². The highest BCUT2D eigenvalue weighted by Gasteiger charge is 2.40. The van der Waals surface area contributed by atoms with Crippen LogP contribution < -0.4 is 5.32 Å². The third kappa shape index (κ3) is 3.62. The van der Waals surface area contributed by atoms with Crippen LogP contribution >= 0.6 is 11.3 Å². The fraction of sp³-hybridized carbons (Fsp3) is 0.733. The van der Waals surface area contributed by atoms with Crippen LogP contribution in [0, 0.1) is 12.8 Å². The number of carbonyl (C=O) groups is 1. The summed E-state index contributed by atoms with van der Waals surface area (Å²) >= 11 is 1.59. The Balaban J connectivity index is 1.40. The number of hydrogen-bond donors (Lipinski definition) is 1. The summed E-state index contributed by atoms with van der Waals surface area (Å²) in [5.41, 5.74) is 2.83. The lowest BCUT2D eigenvalue weighted by Gasteiger charge is -2.35. The number of amides is 1. The van der Waals surface area contributed by atoms with E-state index in [0.717, 1.165) is 36.3 Å². The van der Waals surface area contributed by atoms with Crippen LogP contribution in [0.2, 0.25) is 0 Å². The van der Waals surface area contributed by atoms with E-state index in [-0.39, 0.29) is 11.7 Å². The van der Waals surface area contributed by atoms with Gasteiger partial charge in [0.25, 0.3) is 0 Å². The smallest absolute Gasteiger partial charge is 0.220 e. The van der Waals surface area contributed by atoms with Gasteiger partial charge in [-0.15, -0.1) is 11.3 Å². The summed E-state index contributed by atoms with van der Waals surface area (Å²) in [6.45, 7) is 3.98. The van der Waals surface area contributed by atoms with Gasteiger partial charge in [0.05, 0.1) is 31.0 Å². The third-order valence-corrected chi connectivity index (χ3v) is 5.38. The van der Waals surface area contributed by atoms with Gasteiger partial charge < -0.3 is 14.8 Å². The van der Waals surface area contributed by atoms with Crippen molar-refractivity contribution in [1.82, 2.24) is 10.3 Å². The molecule has 2 heterocycles. The van der Waals surface area contributed by atoms with Crippen molar-refractivity contribution in [1.29, 1.82) is 0 Å². The number of aryl methyl sites for hydroxylation is 1. The van der Waals surface area contributed by atoms with Crippen molar-refractivity contribution in [3.8, 4) is 0 Å². The van der Waals surface area contributed by atoms with Crippen LogP contribution in [0.25, 0.3) is 0 Å². The van der Waals surface area contributed by atoms with Crippen molar-refractivity contribution in [2.75, 3.05) is 13.2 Å². The predicted octanol–water partition coefficient (Wildman–Crippen LogP) is 2.39. The van der Waals surface area contributed by atoms with Crippen molar-refractivity contribution in [3.63, 3.8) is 0 Å². The molecule has 0 atom stereocenters. The molecule has 1 spiro atoms. The summed E-state index contributed by atoms with van der Waals surface area (Å²) in [7, 11) is 0. The van der Waals surface area contributed by atoms with E-state index in [4.69, 9.17) is 9.47 Å². The summed E-state index contributed by atoms with van der Waals surface area (Å²) in [5.74, 6) is 0.259. The molecule has 1 N–H and O–H groups in total. The van der Waals surface area contributed by atoms with E-state index < -0.39 is 0 Å². The van der Waals surface area contributed by atoms with Crippen molar-refractivity contribution in [3.05, 3.63) is 16.1 Å². The van der Waals surface area contributed by atoms with Crippen LogP contribution in [0.3, 0.4) is 0 Å². The SMILES string of the molecule is Cc1ncsc1CNC(=O)CC1CCC2(CC1)OCCO2. The minimum absolute atomic E-state index is 0.136. The molecular formula is C15H22N2O3S. The van der Waals surface area contributed by atoms with Gasteiger partial charge >= 0.3 is 0 Å². The van der Waals surface area contributed by atoms with Crippen LogP contribution in [0.15, 0.2) is 5.51 Å². The summed E-state index contributed by atoms with van der Waals surface area (Å²) in [6.07, 6.45) is 4.45. The number of thiazole rings is 1. The van der Waals surface area contributed by atoms with Crippen LogP contribution in [-0.2, 0) is 20.8 Å². The molecule has 5 nitrogen and oxygen atoms in total. The van der Waals surface area contributed by atoms with Gasteiger partial charge in [-0.3, -0.25) is 4.79 Å². The molecule has 0 aromatic carbocycles. The average molecular weight is 310 g/mol. The highest BCUT2D eigenvalue weighted by Crippen LogP contribution is 2.39. The second-order valence-corrected chi connectivity index (χ2v) is 6.83. The van der Waals surface area contributed by atoms with E-state index in [1.165, 1.54) is 0 Å². The summed E-state index contributed by atoms with van der Waals surface area (Å²) < 4.78 is 11.4. The fourth-order valence-electron chi connectivity index (χ4n) is 3.12. The van der Waals surface area contributed by atoms with E-state index in [0.29, 0.717) is 32.1 Å². The maximum atomic E-state index is 12.0. The molecule has 116 valence electrons. The first-order chi connectivity index (χ1) is 10.2. The Morgan fingerprint density at radius 3 is 2.76 bits per heavy atom. The molecular weight excluding hydrogens is 288 g/mol. The van der Waals surface area contributed by atoms with Gasteiger partial charge in [0.1, 0.15) is 0 Å². The monoisotopic (exact) mass is 310 g/mol. The highest BCUT2D eigenvalue weighted by molar-refractivity contribution is 7.09. The summed E-state index contributed by atoms with van der Waals surface area (Å²) in [6, 6.07) is 0. The van der Waals surface area contributed by atoms with Gasteiger partial charge in [-0.25, -0.2) is 4.98 Å². The van der Waals surface area contributed by atoms with Crippen molar-refractivity contribution >= 4 is 17.2 Å². The van der Waals surface area contributed by atoms with E-state index in [1.807, 2.05) is 12.4 Å². The number of carbonyl (C=O) groups excluding carboxylic acids is 1. The zero-order chi connectivity index (χ0) is 14.7. The van der Waals surface area contributed by atoms with E-state index >= 15 is 0 Å². The van der Waals surface area contributed by atoms with Crippen LogP contribution in [-0.4, -0.2) is 29.9 Å². The Morgan fingerprint density at radius 2 is 2.14 bits per heavy atom. The molecule has 3 rings (SSSR count). The Morgan fingerprint density at radius 1 is 1.43 bits per heavy atom. The molecule has 0 unspecified atom stereocenters. The summed E-state index contributed by atoms with van der Waals surface area (Å²) in [5, 5.41) is 3.00. The predicted molar refractivity (Wildman–Crippen MR) is 79.9 cm³/mol. The number of rotatable bonds is 4. The third-order valence-electron chi connectivity index (χ3n) is 4.45. The second-order valence-electron chi connectivity index (χ2n) is 5.89. The van der Waals surface area contributed by atoms with Gasteiger partial charge in [-0.2, -0.15) is 0 Å². The average Bonchev–Trinajstić information content (AvgIpc) is 3.09.